The molecule has 62 valence electrons. The minimum absolute atomic E-state index is 0.700. The molecular formula is C9H8ClNS. The van der Waals surface area contributed by atoms with Crippen LogP contribution in [-0.2, 0) is 0 Å². The second-order valence-corrected chi connectivity index (χ2v) is 3.11. The van der Waals surface area contributed by atoms with E-state index in [1.165, 1.54) is 5.37 Å². The van der Waals surface area contributed by atoms with Gasteiger partial charge in [0.2, 0.25) is 0 Å². The van der Waals surface area contributed by atoms with E-state index in [0.29, 0.717) is 5.02 Å². The van der Waals surface area contributed by atoms with Crippen LogP contribution in [0.4, 0.5) is 5.69 Å². The molecule has 0 aromatic heterocycles. The van der Waals surface area contributed by atoms with Gasteiger partial charge in [-0.25, -0.2) is 0 Å². The molecule has 0 bridgehead atoms. The van der Waals surface area contributed by atoms with Gasteiger partial charge in [-0.15, -0.1) is 0 Å². The number of benzene rings is 1. The number of aliphatic imine (C=N–C) groups is 1. The van der Waals surface area contributed by atoms with Crippen LogP contribution in [-0.4, -0.2) is 11.6 Å². The molecule has 0 aliphatic heterocycles. The Kier molecular flexibility index (Phi) is 3.38. The van der Waals surface area contributed by atoms with Crippen molar-refractivity contribution in [3.8, 4) is 0 Å². The first kappa shape index (κ1) is 9.36. The molecule has 0 fully saturated rings. The highest BCUT2D eigenvalue weighted by Crippen LogP contribution is 2.20. The molecule has 0 saturated heterocycles. The zero-order valence-corrected chi connectivity index (χ0v) is 8.19. The molecule has 1 nitrogen and oxygen atoms in total. The molecule has 3 heteroatoms. The second-order valence-electron chi connectivity index (χ2n) is 2.40. The maximum atomic E-state index is 5.82. The van der Waals surface area contributed by atoms with Crippen molar-refractivity contribution in [2.24, 2.45) is 4.99 Å². The van der Waals surface area contributed by atoms with Gasteiger partial charge in [0.15, 0.2) is 0 Å². The average Bonchev–Trinajstić information content (AvgIpc) is 1.99. The van der Waals surface area contributed by atoms with Crippen LogP contribution in [0, 0.1) is 6.92 Å². The predicted molar refractivity (Wildman–Crippen MR) is 58.0 cm³/mol. The Morgan fingerprint density at radius 1 is 1.42 bits per heavy atom. The molecule has 0 spiro atoms. The third-order valence-corrected chi connectivity index (χ3v) is 1.65. The number of aryl methyl sites for hydroxylation is 1. The Labute approximate surface area is 82.1 Å². The molecule has 1 aromatic carbocycles. The topological polar surface area (TPSA) is 12.4 Å². The number of rotatable bonds is 2. The lowest BCUT2D eigenvalue weighted by atomic mass is 10.2. The van der Waals surface area contributed by atoms with Gasteiger partial charge in [-0.05, 0) is 30.7 Å². The lowest BCUT2D eigenvalue weighted by molar-refractivity contribution is 1.44. The van der Waals surface area contributed by atoms with E-state index in [1.807, 2.05) is 19.1 Å². The van der Waals surface area contributed by atoms with E-state index in [-0.39, 0.29) is 0 Å². The number of thiocarbonyl (C=S) groups is 1. The normalized spacial score (nSPS) is 10.5. The van der Waals surface area contributed by atoms with Crippen molar-refractivity contribution in [1.82, 2.24) is 0 Å². The smallest absolute Gasteiger partial charge is 0.0647 e. The summed E-state index contributed by atoms with van der Waals surface area (Å²) in [5.74, 6) is 0. The van der Waals surface area contributed by atoms with Crippen LogP contribution in [0.5, 0.6) is 0 Å². The van der Waals surface area contributed by atoms with Crippen LogP contribution in [0.1, 0.15) is 5.56 Å². The van der Waals surface area contributed by atoms with E-state index < -0.39 is 0 Å². The molecule has 0 saturated carbocycles. The van der Waals surface area contributed by atoms with Gasteiger partial charge in [0.1, 0.15) is 0 Å². The molecule has 0 aliphatic rings. The third-order valence-electron chi connectivity index (χ3n) is 1.31. The van der Waals surface area contributed by atoms with Crippen molar-refractivity contribution in [3.63, 3.8) is 0 Å². The van der Waals surface area contributed by atoms with Crippen molar-refractivity contribution in [3.05, 3.63) is 28.8 Å². The van der Waals surface area contributed by atoms with Gasteiger partial charge in [0.25, 0.3) is 0 Å². The number of halogens is 1. The predicted octanol–water partition coefficient (Wildman–Crippen LogP) is 3.35. The second kappa shape index (κ2) is 4.33. The summed E-state index contributed by atoms with van der Waals surface area (Å²) in [6.45, 7) is 1.97. The van der Waals surface area contributed by atoms with Crippen LogP contribution in [0.15, 0.2) is 23.2 Å². The Morgan fingerprint density at radius 2 is 2.17 bits per heavy atom. The molecule has 1 aromatic rings. The van der Waals surface area contributed by atoms with Crippen molar-refractivity contribution in [2.45, 2.75) is 6.92 Å². The maximum Gasteiger partial charge on any atom is 0.0647 e. The first-order valence-electron chi connectivity index (χ1n) is 3.47. The minimum atomic E-state index is 0.700. The van der Waals surface area contributed by atoms with Gasteiger partial charge in [0, 0.05) is 16.6 Å². The molecule has 1 rings (SSSR count). The maximum absolute atomic E-state index is 5.82. The molecule has 12 heavy (non-hydrogen) atoms. The summed E-state index contributed by atoms with van der Waals surface area (Å²) in [6.07, 6.45) is 1.57. The van der Waals surface area contributed by atoms with Gasteiger partial charge < -0.3 is 0 Å². The van der Waals surface area contributed by atoms with Crippen LogP contribution in [0.2, 0.25) is 5.02 Å². The lowest BCUT2D eigenvalue weighted by Gasteiger charge is -1.96. The number of hydrogen-bond acceptors (Lipinski definition) is 2. The van der Waals surface area contributed by atoms with Crippen LogP contribution < -0.4 is 0 Å². The standard InChI is InChI=1S/C9H8ClNS/c1-7-4-8(10)6-9(5-7)11-2-3-12/h2-6H,1H3. The van der Waals surface area contributed by atoms with Crippen molar-refractivity contribution in [2.75, 3.05) is 0 Å². The number of nitrogens with zero attached hydrogens (tertiary/aromatic N) is 1. The monoisotopic (exact) mass is 197 g/mol. The van der Waals surface area contributed by atoms with E-state index >= 15 is 0 Å². The summed E-state index contributed by atoms with van der Waals surface area (Å²) in [6, 6.07) is 5.63. The number of hydrogen-bond donors (Lipinski definition) is 0. The SMILES string of the molecule is Cc1cc(Cl)cc(N=CC=S)c1. The summed E-state index contributed by atoms with van der Waals surface area (Å²) in [5.41, 5.74) is 1.93. The zero-order chi connectivity index (χ0) is 8.97. The fraction of sp³-hybridized carbons (Fsp3) is 0.111. The Balaban J connectivity index is 3.00. The highest BCUT2D eigenvalue weighted by Gasteiger charge is 1.92. The summed E-state index contributed by atoms with van der Waals surface area (Å²) < 4.78 is 0. The summed E-state index contributed by atoms with van der Waals surface area (Å²) in [7, 11) is 0. The summed E-state index contributed by atoms with van der Waals surface area (Å²) in [4.78, 5) is 4.08. The lowest BCUT2D eigenvalue weighted by Crippen LogP contribution is -1.74. The zero-order valence-electron chi connectivity index (χ0n) is 6.62. The van der Waals surface area contributed by atoms with E-state index in [2.05, 4.69) is 17.2 Å². The summed E-state index contributed by atoms with van der Waals surface area (Å²) in [5, 5.41) is 2.17. The Hall–Kier alpha value is -0.730. The van der Waals surface area contributed by atoms with E-state index in [4.69, 9.17) is 11.6 Å². The third kappa shape index (κ3) is 2.72. The first-order chi connectivity index (χ1) is 5.72. The fourth-order valence-electron chi connectivity index (χ4n) is 0.908. The first-order valence-corrected chi connectivity index (χ1v) is 4.32. The molecular weight excluding hydrogens is 190 g/mol. The molecule has 0 heterocycles. The molecule has 0 unspecified atom stereocenters. The van der Waals surface area contributed by atoms with Crippen LogP contribution >= 0.6 is 23.8 Å². The average molecular weight is 198 g/mol. The molecule has 0 radical (unpaired) electrons. The summed E-state index contributed by atoms with van der Waals surface area (Å²) >= 11 is 10.4. The van der Waals surface area contributed by atoms with Crippen molar-refractivity contribution >= 4 is 41.1 Å². The molecule has 0 atom stereocenters. The van der Waals surface area contributed by atoms with Gasteiger partial charge >= 0.3 is 0 Å². The van der Waals surface area contributed by atoms with Gasteiger partial charge in [-0.1, -0.05) is 23.8 Å². The van der Waals surface area contributed by atoms with Crippen molar-refractivity contribution in [1.29, 1.82) is 0 Å². The molecule has 0 aliphatic carbocycles. The Morgan fingerprint density at radius 3 is 2.75 bits per heavy atom. The highest BCUT2D eigenvalue weighted by molar-refractivity contribution is 7.80. The van der Waals surface area contributed by atoms with E-state index in [1.54, 1.807) is 12.3 Å². The largest absolute Gasteiger partial charge is 0.256 e. The van der Waals surface area contributed by atoms with E-state index in [9.17, 15) is 0 Å². The van der Waals surface area contributed by atoms with Gasteiger partial charge in [0.05, 0.1) is 5.69 Å². The van der Waals surface area contributed by atoms with Crippen LogP contribution in [0.3, 0.4) is 0 Å². The van der Waals surface area contributed by atoms with Crippen molar-refractivity contribution < 1.29 is 0 Å². The van der Waals surface area contributed by atoms with E-state index in [0.717, 1.165) is 11.3 Å². The molecule has 0 N–H and O–H groups in total. The highest BCUT2D eigenvalue weighted by atomic mass is 35.5. The minimum Gasteiger partial charge on any atom is -0.256 e. The fourth-order valence-corrected chi connectivity index (χ4v) is 1.25. The molecule has 0 amide bonds. The van der Waals surface area contributed by atoms with Gasteiger partial charge in [-0.3, -0.25) is 4.99 Å². The van der Waals surface area contributed by atoms with Crippen LogP contribution in [0.25, 0.3) is 0 Å². The Bertz CT molecular complexity index is 300. The quantitative estimate of drug-likeness (QED) is 0.523. The van der Waals surface area contributed by atoms with Gasteiger partial charge in [-0.2, -0.15) is 0 Å².